The van der Waals surface area contributed by atoms with E-state index in [1.807, 2.05) is 19.1 Å². The van der Waals surface area contributed by atoms with Crippen LogP contribution in [0.25, 0.3) is 0 Å². The van der Waals surface area contributed by atoms with Crippen molar-refractivity contribution in [3.63, 3.8) is 0 Å². The SMILES string of the molecule is CC=CCOC(C=O)CS. The molecule has 58 valence electrons. The molecule has 0 aromatic rings. The van der Waals surface area contributed by atoms with E-state index in [0.29, 0.717) is 12.4 Å². The fourth-order valence-corrected chi connectivity index (χ4v) is 0.602. The summed E-state index contributed by atoms with van der Waals surface area (Å²) in [6, 6.07) is 0. The lowest BCUT2D eigenvalue weighted by atomic mass is 10.4. The monoisotopic (exact) mass is 160 g/mol. The molecule has 0 spiro atoms. The van der Waals surface area contributed by atoms with Crippen LogP contribution in [-0.2, 0) is 9.53 Å². The van der Waals surface area contributed by atoms with Gasteiger partial charge in [-0.05, 0) is 6.92 Å². The van der Waals surface area contributed by atoms with Gasteiger partial charge < -0.3 is 9.53 Å². The van der Waals surface area contributed by atoms with Crippen molar-refractivity contribution in [1.82, 2.24) is 0 Å². The van der Waals surface area contributed by atoms with Crippen molar-refractivity contribution in [2.45, 2.75) is 13.0 Å². The second-order valence-corrected chi connectivity index (χ2v) is 2.12. The van der Waals surface area contributed by atoms with Gasteiger partial charge in [0.05, 0.1) is 6.61 Å². The Hall–Kier alpha value is -0.280. The Morgan fingerprint density at radius 2 is 2.40 bits per heavy atom. The van der Waals surface area contributed by atoms with Gasteiger partial charge in [0.15, 0.2) is 0 Å². The Kier molecular flexibility index (Phi) is 6.64. The van der Waals surface area contributed by atoms with Gasteiger partial charge in [0, 0.05) is 5.75 Å². The second-order valence-electron chi connectivity index (χ2n) is 1.76. The number of rotatable bonds is 5. The van der Waals surface area contributed by atoms with Crippen LogP contribution in [0.2, 0.25) is 0 Å². The van der Waals surface area contributed by atoms with Gasteiger partial charge in [0.2, 0.25) is 0 Å². The summed E-state index contributed by atoms with van der Waals surface area (Å²) in [5.74, 6) is 0.445. The highest BCUT2D eigenvalue weighted by Gasteiger charge is 2.01. The maximum Gasteiger partial charge on any atom is 0.149 e. The molecule has 0 aliphatic rings. The van der Waals surface area contributed by atoms with Crippen molar-refractivity contribution >= 4 is 18.9 Å². The third kappa shape index (κ3) is 4.58. The number of hydrogen-bond donors (Lipinski definition) is 1. The molecule has 3 heteroatoms. The maximum absolute atomic E-state index is 10.1. The molecule has 1 unspecified atom stereocenters. The van der Waals surface area contributed by atoms with Crippen LogP contribution in [0.1, 0.15) is 6.92 Å². The normalized spacial score (nSPS) is 13.8. The zero-order chi connectivity index (χ0) is 7.82. The Bertz CT molecular complexity index is 112. The van der Waals surface area contributed by atoms with Gasteiger partial charge >= 0.3 is 0 Å². The van der Waals surface area contributed by atoms with Crippen molar-refractivity contribution in [3.8, 4) is 0 Å². The van der Waals surface area contributed by atoms with Crippen LogP contribution in [-0.4, -0.2) is 24.7 Å². The third-order valence-electron chi connectivity index (χ3n) is 0.974. The standard InChI is InChI=1S/C7H12O2S/c1-2-3-4-9-7(5-8)6-10/h2-3,5,7,10H,4,6H2,1H3. The summed E-state index contributed by atoms with van der Waals surface area (Å²) >= 11 is 3.92. The van der Waals surface area contributed by atoms with Crippen LogP contribution in [0, 0.1) is 0 Å². The zero-order valence-electron chi connectivity index (χ0n) is 5.99. The number of allylic oxidation sites excluding steroid dienone is 1. The number of ether oxygens (including phenoxy) is 1. The number of aldehydes is 1. The van der Waals surface area contributed by atoms with E-state index in [4.69, 9.17) is 4.74 Å². The number of thiol groups is 1. The number of carbonyl (C=O) groups excluding carboxylic acids is 1. The van der Waals surface area contributed by atoms with Crippen LogP contribution in [0.5, 0.6) is 0 Å². The topological polar surface area (TPSA) is 26.3 Å². The molecule has 0 aliphatic heterocycles. The van der Waals surface area contributed by atoms with Gasteiger partial charge in [-0.1, -0.05) is 12.2 Å². The van der Waals surface area contributed by atoms with Crippen LogP contribution >= 0.6 is 12.6 Å². The molecule has 10 heavy (non-hydrogen) atoms. The van der Waals surface area contributed by atoms with Crippen molar-refractivity contribution in [3.05, 3.63) is 12.2 Å². The van der Waals surface area contributed by atoms with Gasteiger partial charge in [-0.15, -0.1) is 0 Å². The molecule has 0 aromatic heterocycles. The minimum absolute atomic E-state index is 0.362. The summed E-state index contributed by atoms with van der Waals surface area (Å²) in [5.41, 5.74) is 0. The smallest absolute Gasteiger partial charge is 0.149 e. The van der Waals surface area contributed by atoms with Crippen molar-refractivity contribution in [1.29, 1.82) is 0 Å². The molecule has 2 nitrogen and oxygen atoms in total. The molecular weight excluding hydrogens is 148 g/mol. The summed E-state index contributed by atoms with van der Waals surface area (Å²) in [7, 11) is 0. The molecule has 0 aliphatic carbocycles. The van der Waals surface area contributed by atoms with E-state index in [-0.39, 0.29) is 6.10 Å². The highest BCUT2D eigenvalue weighted by molar-refractivity contribution is 7.80. The minimum Gasteiger partial charge on any atom is -0.366 e. The molecule has 0 heterocycles. The van der Waals surface area contributed by atoms with Crippen LogP contribution in [0.3, 0.4) is 0 Å². The summed E-state index contributed by atoms with van der Waals surface area (Å²) in [4.78, 5) is 10.1. The van der Waals surface area contributed by atoms with Crippen LogP contribution < -0.4 is 0 Å². The van der Waals surface area contributed by atoms with E-state index >= 15 is 0 Å². The molecule has 1 atom stereocenters. The molecule has 0 fully saturated rings. The van der Waals surface area contributed by atoms with E-state index in [0.717, 1.165) is 6.29 Å². The second kappa shape index (κ2) is 6.83. The summed E-state index contributed by atoms with van der Waals surface area (Å²) in [6.45, 7) is 2.39. The Morgan fingerprint density at radius 1 is 1.70 bits per heavy atom. The molecule has 0 rings (SSSR count). The van der Waals surface area contributed by atoms with E-state index in [9.17, 15) is 4.79 Å². The first-order chi connectivity index (χ1) is 4.85. The van der Waals surface area contributed by atoms with Gasteiger partial charge in [-0.25, -0.2) is 0 Å². The lowest BCUT2D eigenvalue weighted by molar-refractivity contribution is -0.116. The van der Waals surface area contributed by atoms with Crippen LogP contribution in [0.4, 0.5) is 0 Å². The van der Waals surface area contributed by atoms with E-state index in [2.05, 4.69) is 12.6 Å². The first-order valence-electron chi connectivity index (χ1n) is 3.14. The first-order valence-corrected chi connectivity index (χ1v) is 3.77. The van der Waals surface area contributed by atoms with Gasteiger partial charge in [-0.3, -0.25) is 0 Å². The van der Waals surface area contributed by atoms with E-state index in [1.54, 1.807) is 0 Å². The van der Waals surface area contributed by atoms with Crippen molar-refractivity contribution in [2.24, 2.45) is 0 Å². The minimum atomic E-state index is -0.362. The highest BCUT2D eigenvalue weighted by atomic mass is 32.1. The summed E-state index contributed by atoms with van der Waals surface area (Å²) in [6.07, 6.45) is 4.12. The first kappa shape index (κ1) is 9.72. The predicted molar refractivity (Wildman–Crippen MR) is 44.5 cm³/mol. The van der Waals surface area contributed by atoms with Crippen molar-refractivity contribution in [2.75, 3.05) is 12.4 Å². The largest absolute Gasteiger partial charge is 0.366 e. The fourth-order valence-electron chi connectivity index (χ4n) is 0.410. The molecular formula is C7H12O2S. The van der Waals surface area contributed by atoms with Gasteiger partial charge in [-0.2, -0.15) is 12.6 Å². The molecule has 0 radical (unpaired) electrons. The van der Waals surface area contributed by atoms with E-state index in [1.165, 1.54) is 0 Å². The Morgan fingerprint density at radius 3 is 2.80 bits per heavy atom. The summed E-state index contributed by atoms with van der Waals surface area (Å²) in [5, 5.41) is 0. The average Bonchev–Trinajstić information content (AvgIpc) is 1.99. The molecule has 0 bridgehead atoms. The molecule has 0 N–H and O–H groups in total. The quantitative estimate of drug-likeness (QED) is 0.370. The molecule has 0 amide bonds. The van der Waals surface area contributed by atoms with Crippen LogP contribution in [0.15, 0.2) is 12.2 Å². The third-order valence-corrected chi connectivity index (χ3v) is 1.33. The predicted octanol–water partition coefficient (Wildman–Crippen LogP) is 1.08. The van der Waals surface area contributed by atoms with Gasteiger partial charge in [0.1, 0.15) is 12.4 Å². The summed E-state index contributed by atoms with van der Waals surface area (Å²) < 4.78 is 5.05. The van der Waals surface area contributed by atoms with E-state index < -0.39 is 0 Å². The number of hydrogen-bond acceptors (Lipinski definition) is 3. The maximum atomic E-state index is 10.1. The lowest BCUT2D eigenvalue weighted by Gasteiger charge is -2.04. The number of carbonyl (C=O) groups is 1. The molecule has 0 saturated heterocycles. The highest BCUT2D eigenvalue weighted by Crippen LogP contribution is 1.90. The fraction of sp³-hybridized carbons (Fsp3) is 0.571. The lowest BCUT2D eigenvalue weighted by Crippen LogP contribution is -2.16. The van der Waals surface area contributed by atoms with Gasteiger partial charge in [0.25, 0.3) is 0 Å². The average molecular weight is 160 g/mol. The Labute approximate surface area is 66.7 Å². The Balaban J connectivity index is 3.34. The van der Waals surface area contributed by atoms with Crippen molar-refractivity contribution < 1.29 is 9.53 Å². The zero-order valence-corrected chi connectivity index (χ0v) is 6.88. The molecule has 0 aromatic carbocycles. The molecule has 0 saturated carbocycles.